The Morgan fingerprint density at radius 2 is 2.08 bits per heavy atom. The highest BCUT2D eigenvalue weighted by Crippen LogP contribution is 2.25. The van der Waals surface area contributed by atoms with Crippen LogP contribution in [0.25, 0.3) is 0 Å². The maximum absolute atomic E-state index is 9.20. The van der Waals surface area contributed by atoms with Crippen molar-refractivity contribution < 1.29 is 5.11 Å². The molecule has 12 heavy (non-hydrogen) atoms. The fourth-order valence-electron chi connectivity index (χ4n) is 0.738. The maximum Gasteiger partial charge on any atom is 0.104 e. The van der Waals surface area contributed by atoms with Crippen LogP contribution >= 0.6 is 44.9 Å². The van der Waals surface area contributed by atoms with Gasteiger partial charge in [-0.15, -0.1) is 23.3 Å². The molecule has 0 aliphatic rings. The van der Waals surface area contributed by atoms with E-state index in [1.54, 1.807) is 7.05 Å². The van der Waals surface area contributed by atoms with E-state index in [2.05, 4.69) is 28.6 Å². The Bertz CT molecular complexity index is 106. The molecular formula is C6H15NOS4. The molecule has 0 saturated heterocycles. The summed E-state index contributed by atoms with van der Waals surface area (Å²) in [6.07, 6.45) is 1.34. The molecule has 0 aromatic carbocycles. The normalized spacial score (nSPS) is 16.0. The molecule has 2 atom stereocenters. The topological polar surface area (TPSA) is 32.3 Å². The summed E-state index contributed by atoms with van der Waals surface area (Å²) in [6, 6.07) is 0. The number of aliphatic hydroxyl groups is 1. The molecule has 0 spiro atoms. The quantitative estimate of drug-likeness (QED) is 0.313. The Labute approximate surface area is 92.3 Å². The first-order valence-corrected chi connectivity index (χ1v) is 7.63. The molecule has 0 aromatic heterocycles. The summed E-state index contributed by atoms with van der Waals surface area (Å²) in [5, 5.41) is 12.5. The molecule has 0 amide bonds. The molecule has 74 valence electrons. The summed E-state index contributed by atoms with van der Waals surface area (Å²) in [4.78, 5) is 0. The largest absolute Gasteiger partial charge is 0.379 e. The van der Waals surface area contributed by atoms with Gasteiger partial charge in [-0.3, -0.25) is 5.32 Å². The minimum Gasteiger partial charge on any atom is -0.379 e. The number of thiol groups is 2. The third-order valence-electron chi connectivity index (χ3n) is 1.50. The zero-order valence-electron chi connectivity index (χ0n) is 6.93. The molecule has 0 rings (SSSR count). The first-order valence-electron chi connectivity index (χ1n) is 3.66. The lowest BCUT2D eigenvalue weighted by molar-refractivity contribution is 0.135. The number of aliphatic hydroxyl groups excluding tert-OH is 1. The standard InChI is InChI=1S/C6H15NOS4/c1-7-6(8)3-2-5(12-10)4-11-9/h5-10H,2-4H2,1H3. The molecule has 2 N–H and O–H groups in total. The van der Waals surface area contributed by atoms with Crippen molar-refractivity contribution in [2.24, 2.45) is 0 Å². The van der Waals surface area contributed by atoms with Gasteiger partial charge in [0.2, 0.25) is 0 Å². The summed E-state index contributed by atoms with van der Waals surface area (Å²) in [5.74, 6) is 0.966. The summed E-state index contributed by atoms with van der Waals surface area (Å²) < 4.78 is 0. The second-order valence-electron chi connectivity index (χ2n) is 2.41. The van der Waals surface area contributed by atoms with Crippen molar-refractivity contribution in [1.82, 2.24) is 5.32 Å². The van der Waals surface area contributed by atoms with Gasteiger partial charge < -0.3 is 5.11 Å². The highest BCUT2D eigenvalue weighted by Gasteiger charge is 2.09. The summed E-state index contributed by atoms with van der Waals surface area (Å²) >= 11 is 8.22. The van der Waals surface area contributed by atoms with Crippen LogP contribution < -0.4 is 5.32 Å². The van der Waals surface area contributed by atoms with Crippen molar-refractivity contribution >= 4 is 44.9 Å². The molecule has 0 heterocycles. The number of nitrogens with one attached hydrogen (secondary N) is 1. The molecule has 0 radical (unpaired) electrons. The van der Waals surface area contributed by atoms with Gasteiger partial charge in [0.15, 0.2) is 0 Å². The zero-order chi connectivity index (χ0) is 9.40. The van der Waals surface area contributed by atoms with Crippen molar-refractivity contribution in [3.8, 4) is 0 Å². The molecule has 2 nitrogen and oxygen atoms in total. The lowest BCUT2D eigenvalue weighted by Gasteiger charge is -2.14. The van der Waals surface area contributed by atoms with Gasteiger partial charge in [-0.2, -0.15) is 0 Å². The van der Waals surface area contributed by atoms with Gasteiger partial charge in [0.1, 0.15) is 6.23 Å². The minimum absolute atomic E-state index is 0.391. The molecule has 0 aliphatic carbocycles. The first kappa shape index (κ1) is 13.3. The van der Waals surface area contributed by atoms with E-state index in [0.717, 1.165) is 18.6 Å². The average Bonchev–Trinajstić information content (AvgIpc) is 2.11. The Balaban J connectivity index is 3.43. The van der Waals surface area contributed by atoms with Gasteiger partial charge in [-0.25, -0.2) is 0 Å². The van der Waals surface area contributed by atoms with E-state index in [-0.39, 0.29) is 0 Å². The maximum atomic E-state index is 9.20. The van der Waals surface area contributed by atoms with Crippen LogP contribution in [0.5, 0.6) is 0 Å². The van der Waals surface area contributed by atoms with Crippen LogP contribution in [-0.4, -0.2) is 29.4 Å². The van der Waals surface area contributed by atoms with Gasteiger partial charge >= 0.3 is 0 Å². The predicted molar refractivity (Wildman–Crippen MR) is 66.1 cm³/mol. The van der Waals surface area contributed by atoms with Crippen molar-refractivity contribution in [2.45, 2.75) is 24.3 Å². The molecule has 0 aromatic rings. The van der Waals surface area contributed by atoms with E-state index in [0.29, 0.717) is 5.25 Å². The van der Waals surface area contributed by atoms with Crippen LogP contribution in [0.15, 0.2) is 0 Å². The number of hydrogen-bond acceptors (Lipinski definition) is 6. The van der Waals surface area contributed by atoms with Gasteiger partial charge in [-0.1, -0.05) is 21.6 Å². The third-order valence-corrected chi connectivity index (χ3v) is 4.31. The van der Waals surface area contributed by atoms with E-state index in [9.17, 15) is 5.11 Å². The van der Waals surface area contributed by atoms with Crippen molar-refractivity contribution in [3.63, 3.8) is 0 Å². The number of hydrogen-bond donors (Lipinski definition) is 4. The van der Waals surface area contributed by atoms with Crippen molar-refractivity contribution in [3.05, 3.63) is 0 Å². The lowest BCUT2D eigenvalue weighted by atomic mass is 10.2. The smallest absolute Gasteiger partial charge is 0.104 e. The fourth-order valence-corrected chi connectivity index (χ4v) is 3.47. The van der Waals surface area contributed by atoms with Gasteiger partial charge in [0, 0.05) is 11.0 Å². The van der Waals surface area contributed by atoms with Crippen LogP contribution in [0, 0.1) is 0 Å². The lowest BCUT2D eigenvalue weighted by Crippen LogP contribution is -2.25. The second kappa shape index (κ2) is 8.90. The molecule has 6 heteroatoms. The average molecular weight is 245 g/mol. The fraction of sp³-hybridized carbons (Fsp3) is 1.00. The van der Waals surface area contributed by atoms with Crippen molar-refractivity contribution in [1.29, 1.82) is 0 Å². The van der Waals surface area contributed by atoms with Crippen LogP contribution in [0.4, 0.5) is 0 Å². The Morgan fingerprint density at radius 3 is 2.50 bits per heavy atom. The van der Waals surface area contributed by atoms with E-state index in [1.165, 1.54) is 21.6 Å². The highest BCUT2D eigenvalue weighted by molar-refractivity contribution is 8.70. The van der Waals surface area contributed by atoms with Gasteiger partial charge in [0.25, 0.3) is 0 Å². The van der Waals surface area contributed by atoms with E-state index >= 15 is 0 Å². The number of rotatable bonds is 7. The zero-order valence-corrected chi connectivity index (χ0v) is 10.4. The minimum atomic E-state index is -0.391. The van der Waals surface area contributed by atoms with Crippen LogP contribution in [-0.2, 0) is 0 Å². The second-order valence-corrected chi connectivity index (χ2v) is 5.28. The molecule has 0 aliphatic heterocycles. The Morgan fingerprint density at radius 1 is 1.42 bits per heavy atom. The summed E-state index contributed by atoms with van der Waals surface area (Å²) in [7, 11) is 4.80. The van der Waals surface area contributed by atoms with Crippen LogP contribution in [0.3, 0.4) is 0 Å². The molecular weight excluding hydrogens is 230 g/mol. The summed E-state index contributed by atoms with van der Waals surface area (Å²) in [6.45, 7) is 0. The van der Waals surface area contributed by atoms with Gasteiger partial charge in [-0.05, 0) is 19.9 Å². The molecule has 0 bridgehead atoms. The summed E-state index contributed by atoms with van der Waals surface area (Å²) in [5.41, 5.74) is 0. The monoisotopic (exact) mass is 245 g/mol. The molecule has 2 unspecified atom stereocenters. The van der Waals surface area contributed by atoms with E-state index < -0.39 is 6.23 Å². The Hall–Kier alpha value is 1.32. The van der Waals surface area contributed by atoms with Crippen LogP contribution in [0.1, 0.15) is 12.8 Å². The first-order chi connectivity index (χ1) is 5.74. The van der Waals surface area contributed by atoms with E-state index in [4.69, 9.17) is 0 Å². The van der Waals surface area contributed by atoms with E-state index in [1.807, 2.05) is 0 Å². The molecule has 0 fully saturated rings. The Kier molecular flexibility index (Phi) is 9.88. The third kappa shape index (κ3) is 6.80. The van der Waals surface area contributed by atoms with Crippen molar-refractivity contribution in [2.75, 3.05) is 12.8 Å². The van der Waals surface area contributed by atoms with Gasteiger partial charge in [0.05, 0.1) is 0 Å². The highest BCUT2D eigenvalue weighted by atomic mass is 33.1. The SMILES string of the molecule is CNC(O)CCC(CSS)SS. The predicted octanol–water partition coefficient (Wildman–Crippen LogP) is 1.83. The van der Waals surface area contributed by atoms with Crippen LogP contribution in [0.2, 0.25) is 0 Å². The molecule has 0 saturated carbocycles.